The molecule has 1 rings (SSSR count). The Morgan fingerprint density at radius 1 is 1.75 bits per heavy atom. The molecule has 0 aromatic heterocycles. The normalized spacial score (nSPS) is 22.2. The van der Waals surface area contributed by atoms with Crippen LogP contribution in [0.4, 0.5) is 4.79 Å². The number of ether oxygens (including phenoxy) is 1. The molecule has 1 atom stereocenters. The van der Waals surface area contributed by atoms with Gasteiger partial charge in [-0.3, -0.25) is 5.32 Å². The van der Waals surface area contributed by atoms with E-state index >= 15 is 0 Å². The number of alkyl carbamates (subject to hydrolysis) is 1. The van der Waals surface area contributed by atoms with Crippen molar-refractivity contribution in [1.82, 2.24) is 10.6 Å². The number of rotatable bonds is 3. The average Bonchev–Trinajstić information content (AvgIpc) is 2.53. The second-order valence-corrected chi connectivity index (χ2v) is 2.64. The van der Waals surface area contributed by atoms with Gasteiger partial charge in [-0.25, -0.2) is 4.79 Å². The standard InChI is InChI=1S/C7H14N2O3/c10-5-4-9-7(11)12-6-2-1-3-8-6/h6,8,10H,1-5H2,(H,9,11)/t6-/m0/s1. The smallest absolute Gasteiger partial charge is 0.408 e. The maximum absolute atomic E-state index is 10.9. The number of aliphatic hydroxyl groups excluding tert-OH is 1. The molecule has 5 heteroatoms. The van der Waals surface area contributed by atoms with Crippen LogP contribution in [0, 0.1) is 0 Å². The number of carbonyl (C=O) groups excluding carboxylic acids is 1. The summed E-state index contributed by atoms with van der Waals surface area (Å²) in [5.74, 6) is 0. The Labute approximate surface area is 71.1 Å². The molecule has 0 aromatic carbocycles. The predicted molar refractivity (Wildman–Crippen MR) is 42.6 cm³/mol. The van der Waals surface area contributed by atoms with Gasteiger partial charge in [-0.05, 0) is 19.4 Å². The van der Waals surface area contributed by atoms with E-state index in [0.717, 1.165) is 19.4 Å². The van der Waals surface area contributed by atoms with Crippen molar-refractivity contribution in [2.75, 3.05) is 19.7 Å². The van der Waals surface area contributed by atoms with Crippen LogP contribution < -0.4 is 10.6 Å². The van der Waals surface area contributed by atoms with Crippen LogP contribution >= 0.6 is 0 Å². The van der Waals surface area contributed by atoms with E-state index in [9.17, 15) is 4.79 Å². The molecule has 1 fully saturated rings. The number of aliphatic hydroxyl groups is 1. The molecule has 70 valence electrons. The fourth-order valence-corrected chi connectivity index (χ4v) is 1.08. The van der Waals surface area contributed by atoms with E-state index in [-0.39, 0.29) is 19.4 Å². The van der Waals surface area contributed by atoms with E-state index in [1.165, 1.54) is 0 Å². The van der Waals surface area contributed by atoms with Crippen molar-refractivity contribution in [2.45, 2.75) is 19.1 Å². The number of hydrogen-bond donors (Lipinski definition) is 3. The van der Waals surface area contributed by atoms with Gasteiger partial charge in [0.25, 0.3) is 0 Å². The van der Waals surface area contributed by atoms with Crippen LogP contribution in [0.2, 0.25) is 0 Å². The first-order valence-electron chi connectivity index (χ1n) is 4.11. The van der Waals surface area contributed by atoms with Gasteiger partial charge in [0.1, 0.15) is 0 Å². The summed E-state index contributed by atoms with van der Waals surface area (Å²) in [6.45, 7) is 1.08. The molecule has 12 heavy (non-hydrogen) atoms. The maximum Gasteiger partial charge on any atom is 0.408 e. The van der Waals surface area contributed by atoms with Gasteiger partial charge in [-0.2, -0.15) is 0 Å². The molecule has 0 saturated carbocycles. The first-order chi connectivity index (χ1) is 5.83. The van der Waals surface area contributed by atoms with Crippen molar-refractivity contribution in [3.63, 3.8) is 0 Å². The van der Waals surface area contributed by atoms with Gasteiger partial charge < -0.3 is 15.2 Å². The van der Waals surface area contributed by atoms with Gasteiger partial charge in [-0.1, -0.05) is 0 Å². The zero-order valence-electron chi connectivity index (χ0n) is 6.88. The fraction of sp³-hybridized carbons (Fsp3) is 0.857. The topological polar surface area (TPSA) is 70.6 Å². The molecule has 0 unspecified atom stereocenters. The van der Waals surface area contributed by atoms with E-state index < -0.39 is 6.09 Å². The largest absolute Gasteiger partial charge is 0.430 e. The van der Waals surface area contributed by atoms with Crippen molar-refractivity contribution < 1.29 is 14.6 Å². The molecule has 1 aliphatic heterocycles. The molecule has 1 amide bonds. The lowest BCUT2D eigenvalue weighted by atomic mass is 10.4. The zero-order valence-corrected chi connectivity index (χ0v) is 6.88. The summed E-state index contributed by atoms with van der Waals surface area (Å²) in [5.41, 5.74) is 0. The monoisotopic (exact) mass is 174 g/mol. The minimum atomic E-state index is -0.469. The third-order valence-electron chi connectivity index (χ3n) is 1.65. The quantitative estimate of drug-likeness (QED) is 0.535. The van der Waals surface area contributed by atoms with Gasteiger partial charge in [0.2, 0.25) is 0 Å². The summed E-state index contributed by atoms with van der Waals surface area (Å²) in [6.07, 6.45) is 1.29. The molecule has 1 heterocycles. The molecule has 0 aliphatic carbocycles. The molecule has 0 spiro atoms. The number of carbonyl (C=O) groups is 1. The van der Waals surface area contributed by atoms with Gasteiger partial charge >= 0.3 is 6.09 Å². The van der Waals surface area contributed by atoms with Crippen LogP contribution in [0.1, 0.15) is 12.8 Å². The summed E-state index contributed by atoms with van der Waals surface area (Å²) in [7, 11) is 0. The summed E-state index contributed by atoms with van der Waals surface area (Å²) in [4.78, 5) is 10.9. The van der Waals surface area contributed by atoms with Crippen LogP contribution in [0.15, 0.2) is 0 Å². The molecule has 0 bridgehead atoms. The highest BCUT2D eigenvalue weighted by Gasteiger charge is 2.17. The van der Waals surface area contributed by atoms with Gasteiger partial charge in [-0.15, -0.1) is 0 Å². The molecule has 0 aromatic rings. The molecule has 1 aliphatic rings. The third-order valence-corrected chi connectivity index (χ3v) is 1.65. The minimum absolute atomic E-state index is 0.0623. The zero-order chi connectivity index (χ0) is 8.81. The molecule has 5 nitrogen and oxygen atoms in total. The van der Waals surface area contributed by atoms with Crippen molar-refractivity contribution in [1.29, 1.82) is 0 Å². The molecule has 0 radical (unpaired) electrons. The summed E-state index contributed by atoms with van der Waals surface area (Å²) in [5, 5.41) is 13.8. The highest BCUT2D eigenvalue weighted by Crippen LogP contribution is 2.05. The lowest BCUT2D eigenvalue weighted by Crippen LogP contribution is -2.34. The van der Waals surface area contributed by atoms with Gasteiger partial charge in [0.05, 0.1) is 6.61 Å². The number of nitrogens with one attached hydrogen (secondary N) is 2. The summed E-state index contributed by atoms with van der Waals surface area (Å²) >= 11 is 0. The van der Waals surface area contributed by atoms with Crippen molar-refractivity contribution in [3.8, 4) is 0 Å². The van der Waals surface area contributed by atoms with Gasteiger partial charge in [0.15, 0.2) is 6.23 Å². The minimum Gasteiger partial charge on any atom is -0.430 e. The van der Waals surface area contributed by atoms with Crippen LogP contribution in [0.3, 0.4) is 0 Å². The van der Waals surface area contributed by atoms with E-state index in [0.29, 0.717) is 0 Å². The van der Waals surface area contributed by atoms with E-state index in [1.807, 2.05) is 0 Å². The number of amides is 1. The Morgan fingerprint density at radius 2 is 2.58 bits per heavy atom. The van der Waals surface area contributed by atoms with Crippen LogP contribution in [-0.2, 0) is 4.74 Å². The highest BCUT2D eigenvalue weighted by atomic mass is 16.6. The lowest BCUT2D eigenvalue weighted by Gasteiger charge is -2.11. The Kier molecular flexibility index (Phi) is 3.83. The average molecular weight is 174 g/mol. The lowest BCUT2D eigenvalue weighted by molar-refractivity contribution is 0.0882. The third kappa shape index (κ3) is 3.06. The predicted octanol–water partition coefficient (Wildman–Crippen LogP) is -0.586. The summed E-state index contributed by atoms with van der Waals surface area (Å²) in [6, 6.07) is 0. The molecule has 3 N–H and O–H groups in total. The molecular formula is C7H14N2O3. The number of hydrogen-bond acceptors (Lipinski definition) is 4. The summed E-state index contributed by atoms with van der Waals surface area (Å²) < 4.78 is 4.94. The SMILES string of the molecule is O=C(NCCO)O[C@H]1CCCN1. The Morgan fingerprint density at radius 3 is 3.17 bits per heavy atom. The molecule has 1 saturated heterocycles. The van der Waals surface area contributed by atoms with Crippen molar-refractivity contribution in [2.24, 2.45) is 0 Å². The second kappa shape index (κ2) is 4.95. The van der Waals surface area contributed by atoms with Crippen molar-refractivity contribution in [3.05, 3.63) is 0 Å². The van der Waals surface area contributed by atoms with Crippen LogP contribution in [0.5, 0.6) is 0 Å². The Hall–Kier alpha value is -0.810. The Bertz CT molecular complexity index is 146. The van der Waals surface area contributed by atoms with Gasteiger partial charge in [0, 0.05) is 6.54 Å². The second-order valence-electron chi connectivity index (χ2n) is 2.64. The molecular weight excluding hydrogens is 160 g/mol. The fourth-order valence-electron chi connectivity index (χ4n) is 1.08. The first kappa shape index (κ1) is 9.28. The van der Waals surface area contributed by atoms with Crippen molar-refractivity contribution >= 4 is 6.09 Å². The van der Waals surface area contributed by atoms with E-state index in [2.05, 4.69) is 10.6 Å². The first-order valence-corrected chi connectivity index (χ1v) is 4.11. The maximum atomic E-state index is 10.9. The van der Waals surface area contributed by atoms with E-state index in [4.69, 9.17) is 9.84 Å². The van der Waals surface area contributed by atoms with Crippen LogP contribution in [0.25, 0.3) is 0 Å². The Balaban J connectivity index is 2.08. The highest BCUT2D eigenvalue weighted by molar-refractivity contribution is 5.67. The van der Waals surface area contributed by atoms with E-state index in [1.54, 1.807) is 0 Å². The van der Waals surface area contributed by atoms with Crippen LogP contribution in [-0.4, -0.2) is 37.1 Å².